The number of hydrogen-bond donors (Lipinski definition) is 0. The number of nitrogens with zero attached hydrogens (tertiary/aromatic N) is 2. The van der Waals surface area contributed by atoms with Crippen molar-refractivity contribution in [3.63, 3.8) is 0 Å². The zero-order valence-electron chi connectivity index (χ0n) is 47.3. The van der Waals surface area contributed by atoms with Crippen LogP contribution in [0.4, 0.5) is 34.1 Å². The first kappa shape index (κ1) is 51.4. The lowest BCUT2D eigenvalue weighted by molar-refractivity contribution is 1.28. The molecule has 0 saturated carbocycles. The van der Waals surface area contributed by atoms with E-state index in [0.29, 0.717) is 0 Å². The highest BCUT2D eigenvalue weighted by atomic mass is 28.3. The zero-order chi connectivity index (χ0) is 56.2. The van der Waals surface area contributed by atoms with Crippen molar-refractivity contribution >= 4 is 121 Å². The average molecular weight is 1100 g/mol. The van der Waals surface area contributed by atoms with E-state index in [0.717, 1.165) is 34.1 Å². The van der Waals surface area contributed by atoms with Gasteiger partial charge in [-0.15, -0.1) is 6.17 Å². The van der Waals surface area contributed by atoms with Crippen LogP contribution in [0.3, 0.4) is 0 Å². The van der Waals surface area contributed by atoms with Crippen LogP contribution in [-0.2, 0) is 0 Å². The number of hydrogen-bond acceptors (Lipinski definition) is 2. The smallest absolute Gasteiger partial charge is 0.0775 e. The van der Waals surface area contributed by atoms with Crippen molar-refractivity contribution in [2.45, 2.75) is 26.2 Å². The summed E-state index contributed by atoms with van der Waals surface area (Å²) in [6.07, 6.45) is 4.37. The number of para-hydroxylation sites is 2. The first-order valence-electron chi connectivity index (χ1n) is 28.8. The van der Waals surface area contributed by atoms with Crippen molar-refractivity contribution in [2.24, 2.45) is 0 Å². The third-order valence-corrected chi connectivity index (χ3v) is 20.2. The normalized spacial score (nSPS) is 11.7. The highest BCUT2D eigenvalue weighted by molar-refractivity contribution is 6.88. The Labute approximate surface area is 489 Å². The predicted molar refractivity (Wildman–Crippen MR) is 366 cm³/mol. The van der Waals surface area contributed by atoms with Gasteiger partial charge in [-0.3, -0.25) is 0 Å². The van der Waals surface area contributed by atoms with Crippen LogP contribution in [0.5, 0.6) is 0 Å². The van der Waals surface area contributed by atoms with Crippen LogP contribution in [0.1, 0.15) is 0 Å². The van der Waals surface area contributed by atoms with Crippen molar-refractivity contribution in [2.75, 3.05) is 9.80 Å². The van der Waals surface area contributed by atoms with Crippen LogP contribution in [0.15, 0.2) is 291 Å². The molecule has 2 nitrogen and oxygen atoms in total. The van der Waals surface area contributed by atoms with E-state index >= 15 is 0 Å². The Kier molecular flexibility index (Phi) is 13.2. The standard InChI is InChI=1S/C79H62N2Si2/c1-82(2)62-48-44-60(45-49-62)80(56-22-8-6-9-23-56)58-40-36-54(37-41-58)76-66-28-14-18-32-70(66)78(71-33-19-15-29-67(71)76)74-52-53-75(65-27-13-12-26-64(65)74)79-72-34-20-16-30-68(72)77(69-31-17-21-35-73(69)79)55-38-42-59(43-39-55)81(57-24-10-7-11-25-57)61-46-50-63(51-47-61)83(3,4)5/h6-53H,1H2,2-5H3. The van der Waals surface area contributed by atoms with Crippen molar-refractivity contribution in [1.29, 1.82) is 0 Å². The van der Waals surface area contributed by atoms with E-state index < -0.39 is 16.5 Å². The van der Waals surface area contributed by atoms with Crippen LogP contribution in [0.25, 0.3) is 98.4 Å². The molecule has 0 amide bonds. The van der Waals surface area contributed by atoms with E-state index in [2.05, 4.69) is 333 Å². The molecule has 0 aliphatic carbocycles. The van der Waals surface area contributed by atoms with Crippen LogP contribution in [0.2, 0.25) is 26.2 Å². The molecule has 0 unspecified atom stereocenters. The maximum Gasteiger partial charge on any atom is 0.0775 e. The molecule has 0 atom stereocenters. The Hall–Kier alpha value is -9.72. The summed E-state index contributed by atoms with van der Waals surface area (Å²) in [5.74, 6) is 0. The molecule has 0 aromatic heterocycles. The summed E-state index contributed by atoms with van der Waals surface area (Å²) < 4.78 is 0. The van der Waals surface area contributed by atoms with E-state index in [-0.39, 0.29) is 0 Å². The molecule has 0 spiro atoms. The van der Waals surface area contributed by atoms with E-state index in [1.165, 1.54) is 109 Å². The molecule has 0 N–H and O–H groups in total. The molecule has 0 aliphatic heterocycles. The van der Waals surface area contributed by atoms with Crippen LogP contribution < -0.4 is 20.2 Å². The molecular formula is C79H62N2Si2. The maximum atomic E-state index is 4.37. The zero-order valence-corrected chi connectivity index (χ0v) is 49.3. The van der Waals surface area contributed by atoms with E-state index in [4.69, 9.17) is 0 Å². The average Bonchev–Trinajstić information content (AvgIpc) is 2.59. The van der Waals surface area contributed by atoms with Gasteiger partial charge in [0.2, 0.25) is 0 Å². The van der Waals surface area contributed by atoms with Crippen molar-refractivity contribution in [3.05, 3.63) is 291 Å². The van der Waals surface area contributed by atoms with Crippen molar-refractivity contribution < 1.29 is 0 Å². The monoisotopic (exact) mass is 1090 g/mol. The third kappa shape index (κ3) is 9.27. The summed E-state index contributed by atoms with van der Waals surface area (Å²) in [6.45, 7) is 9.46. The van der Waals surface area contributed by atoms with Gasteiger partial charge in [-0.25, -0.2) is 0 Å². The second-order valence-electron chi connectivity index (χ2n) is 22.9. The lowest BCUT2D eigenvalue weighted by atomic mass is 9.82. The molecule has 396 valence electrons. The summed E-state index contributed by atoms with van der Waals surface area (Å²) in [5, 5.41) is 15.1. The number of anilines is 6. The molecule has 14 aromatic rings. The molecule has 0 heterocycles. The van der Waals surface area contributed by atoms with Crippen LogP contribution >= 0.6 is 0 Å². The Morgan fingerprint density at radius 2 is 0.518 bits per heavy atom. The highest BCUT2D eigenvalue weighted by Gasteiger charge is 2.24. The lowest BCUT2D eigenvalue weighted by Gasteiger charge is -2.27. The first-order chi connectivity index (χ1) is 40.7. The molecule has 0 fully saturated rings. The van der Waals surface area contributed by atoms with Crippen LogP contribution in [0, 0.1) is 0 Å². The number of rotatable bonds is 12. The van der Waals surface area contributed by atoms with Crippen molar-refractivity contribution in [3.8, 4) is 44.5 Å². The fourth-order valence-corrected chi connectivity index (χ4v) is 14.7. The number of fused-ring (bicyclic) bond motifs is 5. The highest BCUT2D eigenvalue weighted by Crippen LogP contribution is 2.50. The second kappa shape index (κ2) is 21.3. The third-order valence-electron chi connectivity index (χ3n) is 16.8. The molecule has 14 aromatic carbocycles. The topological polar surface area (TPSA) is 6.48 Å². The molecule has 4 heteroatoms. The van der Waals surface area contributed by atoms with E-state index in [1.807, 2.05) is 0 Å². The van der Waals surface area contributed by atoms with Gasteiger partial charge in [0.1, 0.15) is 0 Å². The molecule has 0 aliphatic rings. The summed E-state index contributed by atoms with van der Waals surface area (Å²) >= 11 is 0. The summed E-state index contributed by atoms with van der Waals surface area (Å²) in [5.41, 5.74) is 16.6. The minimum absolute atomic E-state index is 0.809. The molecule has 83 heavy (non-hydrogen) atoms. The quantitative estimate of drug-likeness (QED) is 0.0889. The first-order valence-corrected chi connectivity index (χ1v) is 34.6. The largest absolute Gasteiger partial charge is 0.311 e. The minimum atomic E-state index is -1.47. The van der Waals surface area contributed by atoms with Gasteiger partial charge in [0.05, 0.1) is 8.07 Å². The number of benzene rings is 14. The molecule has 14 rings (SSSR count). The van der Waals surface area contributed by atoms with E-state index in [9.17, 15) is 0 Å². The van der Waals surface area contributed by atoms with Gasteiger partial charge in [-0.1, -0.05) is 250 Å². The fraction of sp³-hybridized carbons (Fsp3) is 0.0506. The predicted octanol–water partition coefficient (Wildman–Crippen LogP) is 21.0. The van der Waals surface area contributed by atoms with Gasteiger partial charge in [0, 0.05) is 42.5 Å². The summed E-state index contributed by atoms with van der Waals surface area (Å²) in [6, 6.07) is 108. The van der Waals surface area contributed by atoms with Crippen molar-refractivity contribution in [1.82, 2.24) is 0 Å². The van der Waals surface area contributed by atoms with Gasteiger partial charge < -0.3 is 9.80 Å². The fourth-order valence-electron chi connectivity index (χ4n) is 12.8. The minimum Gasteiger partial charge on any atom is -0.311 e. The van der Waals surface area contributed by atoms with E-state index in [1.54, 1.807) is 0 Å². The Balaban J connectivity index is 0.890. The van der Waals surface area contributed by atoms with Gasteiger partial charge >= 0.3 is 0 Å². The Bertz CT molecular complexity index is 4640. The van der Waals surface area contributed by atoms with Gasteiger partial charge in [0.25, 0.3) is 0 Å². The Morgan fingerprint density at radius 1 is 0.265 bits per heavy atom. The molecule has 0 saturated heterocycles. The van der Waals surface area contributed by atoms with Gasteiger partial charge in [0.15, 0.2) is 0 Å². The second-order valence-corrected chi connectivity index (χ2v) is 30.2. The molecule has 0 bridgehead atoms. The van der Waals surface area contributed by atoms with Gasteiger partial charge in [-0.05, 0) is 176 Å². The van der Waals surface area contributed by atoms with Crippen LogP contribution in [-0.4, -0.2) is 22.7 Å². The summed E-state index contributed by atoms with van der Waals surface area (Å²) in [4.78, 5) is 4.72. The summed E-state index contributed by atoms with van der Waals surface area (Å²) in [7, 11) is -2.28. The van der Waals surface area contributed by atoms with Gasteiger partial charge in [-0.2, -0.15) is 0 Å². The molecular weight excluding hydrogens is 1030 g/mol. The SMILES string of the molecule is C=[Si](C)c1ccc(N(c2ccccc2)c2ccc(-c3c4ccccc4c(-c4ccc(-c5c6ccccc6c(-c6ccc(N(c7ccccc7)c7ccc([Si](C)(C)C)cc7)cc6)c6ccccc56)c5ccccc45)c4ccccc34)cc2)cc1. The molecule has 0 radical (unpaired) electrons. The lowest BCUT2D eigenvalue weighted by Crippen LogP contribution is -2.37. The Morgan fingerprint density at radius 3 is 0.819 bits per heavy atom. The maximum absolute atomic E-state index is 4.37.